The van der Waals surface area contributed by atoms with Gasteiger partial charge in [0.15, 0.2) is 5.82 Å². The average Bonchev–Trinajstić information content (AvgIpc) is 2.64. The molecule has 0 aliphatic carbocycles. The molecule has 0 saturated carbocycles. The van der Waals surface area contributed by atoms with Crippen LogP contribution < -0.4 is 3.71 Å². The van der Waals surface area contributed by atoms with Crippen molar-refractivity contribution in [3.8, 4) is 0 Å². The molecule has 2 aromatic rings. The number of rotatable bonds is 4. The third-order valence-electron chi connectivity index (χ3n) is 2.87. The Labute approximate surface area is 136 Å². The normalized spacial score (nSPS) is 12.5. The predicted octanol–water partition coefficient (Wildman–Crippen LogP) is 0.861. The van der Waals surface area contributed by atoms with Gasteiger partial charge in [0.25, 0.3) is 5.69 Å². The number of nitrogens with zero attached hydrogens (tertiary/aromatic N) is 4. The number of anilines is 1. The molecule has 0 aliphatic heterocycles. The molecule has 0 amide bonds. The molecule has 0 unspecified atom stereocenters. The second kappa shape index (κ2) is 5.32. The number of halogens is 1. The number of aromatic nitrogens is 2. The summed E-state index contributed by atoms with van der Waals surface area (Å²) in [6.07, 6.45) is 1.36. The highest BCUT2D eigenvalue weighted by molar-refractivity contribution is 8.09. The van der Waals surface area contributed by atoms with Gasteiger partial charge in [0.05, 0.1) is 27.8 Å². The van der Waals surface area contributed by atoms with Crippen LogP contribution in [-0.4, -0.2) is 44.1 Å². The molecule has 0 atom stereocenters. The van der Waals surface area contributed by atoms with Gasteiger partial charge in [0, 0.05) is 13.1 Å². The fourth-order valence-corrected chi connectivity index (χ4v) is 5.26. The van der Waals surface area contributed by atoms with Crippen LogP contribution in [0.25, 0.3) is 10.9 Å². The first-order valence-electron chi connectivity index (χ1n) is 5.85. The molecule has 0 N–H and O–H groups in total. The van der Waals surface area contributed by atoms with Gasteiger partial charge in [-0.05, 0) is 6.07 Å². The number of hydrogen-bond donors (Lipinski definition) is 0. The second-order valence-corrected chi connectivity index (χ2v) is 9.02. The van der Waals surface area contributed by atoms with E-state index in [-0.39, 0.29) is 25.3 Å². The van der Waals surface area contributed by atoms with Crippen molar-refractivity contribution in [2.45, 2.75) is 0 Å². The SMILES string of the molecule is Cn1nc(N(S(C)(=O)=O)S(C)(=O)=O)c2c(Cl)ccc([N+](=O)[O-])c21. The molecule has 0 fully saturated rings. The van der Waals surface area contributed by atoms with Gasteiger partial charge in [-0.2, -0.15) is 5.10 Å². The molecule has 0 spiro atoms. The molecule has 0 aliphatic rings. The second-order valence-electron chi connectivity index (χ2n) is 4.72. The standard InChI is InChI=1S/C10H11ClN4O6S2/c1-13-9-7(14(16)17)5-4-6(11)8(9)10(12-13)15(22(2,18)19)23(3,20)21/h4-5H,1-3H3. The zero-order valence-electron chi connectivity index (χ0n) is 12.1. The third kappa shape index (κ3) is 2.96. The van der Waals surface area contributed by atoms with Crippen molar-refractivity contribution >= 4 is 54.1 Å². The number of hydrogen-bond acceptors (Lipinski definition) is 7. The molecule has 1 heterocycles. The number of nitro groups is 1. The molecule has 1 aromatic heterocycles. The minimum atomic E-state index is -4.26. The van der Waals surface area contributed by atoms with E-state index in [1.165, 1.54) is 13.1 Å². The highest BCUT2D eigenvalue weighted by atomic mass is 35.5. The summed E-state index contributed by atoms with van der Waals surface area (Å²) in [5.41, 5.74) is -0.470. The smallest absolute Gasteiger partial charge is 0.259 e. The predicted molar refractivity (Wildman–Crippen MR) is 84.5 cm³/mol. The van der Waals surface area contributed by atoms with Crippen LogP contribution in [0, 0.1) is 10.1 Å². The molecular formula is C10H11ClN4O6S2. The van der Waals surface area contributed by atoms with Crippen molar-refractivity contribution in [3.05, 3.63) is 27.3 Å². The van der Waals surface area contributed by atoms with Gasteiger partial charge in [-0.3, -0.25) is 14.8 Å². The van der Waals surface area contributed by atoms with Crippen LogP contribution in [-0.2, 0) is 27.1 Å². The van der Waals surface area contributed by atoms with Crippen LogP contribution in [0.2, 0.25) is 5.02 Å². The fraction of sp³-hybridized carbons (Fsp3) is 0.300. The Balaban J connectivity index is 3.03. The van der Waals surface area contributed by atoms with E-state index in [0.29, 0.717) is 12.5 Å². The van der Waals surface area contributed by atoms with Crippen molar-refractivity contribution in [2.75, 3.05) is 16.2 Å². The number of fused-ring (bicyclic) bond motifs is 1. The maximum Gasteiger partial charge on any atom is 0.295 e. The van der Waals surface area contributed by atoms with Gasteiger partial charge >= 0.3 is 0 Å². The van der Waals surface area contributed by atoms with Gasteiger partial charge in [-0.25, -0.2) is 16.8 Å². The first-order chi connectivity index (χ1) is 10.4. The van der Waals surface area contributed by atoms with Crippen LogP contribution in [0.3, 0.4) is 0 Å². The minimum absolute atomic E-state index is 0.0639. The molecule has 2 rings (SSSR count). The van der Waals surface area contributed by atoms with Crippen LogP contribution >= 0.6 is 11.6 Å². The highest BCUT2D eigenvalue weighted by Gasteiger charge is 2.34. The van der Waals surface area contributed by atoms with Crippen LogP contribution in [0.4, 0.5) is 11.5 Å². The molecule has 126 valence electrons. The number of benzene rings is 1. The molecule has 1 aromatic carbocycles. The number of nitro benzene ring substituents is 1. The zero-order valence-corrected chi connectivity index (χ0v) is 14.5. The van der Waals surface area contributed by atoms with Gasteiger partial charge in [0.2, 0.25) is 20.0 Å². The average molecular weight is 383 g/mol. The zero-order chi connectivity index (χ0) is 17.7. The number of non-ortho nitro benzene ring substituents is 1. The lowest BCUT2D eigenvalue weighted by atomic mass is 10.2. The fourth-order valence-electron chi connectivity index (χ4n) is 2.17. The minimum Gasteiger partial charge on any atom is -0.259 e. The van der Waals surface area contributed by atoms with Gasteiger partial charge < -0.3 is 0 Å². The summed E-state index contributed by atoms with van der Waals surface area (Å²) >= 11 is 6.00. The lowest BCUT2D eigenvalue weighted by Crippen LogP contribution is -2.35. The van der Waals surface area contributed by atoms with E-state index in [9.17, 15) is 26.9 Å². The summed E-state index contributed by atoms with van der Waals surface area (Å²) in [7, 11) is -7.21. The topological polar surface area (TPSA) is 132 Å². The molecule has 0 saturated heterocycles. The van der Waals surface area contributed by atoms with Crippen LogP contribution in [0.1, 0.15) is 0 Å². The van der Waals surface area contributed by atoms with E-state index in [2.05, 4.69) is 5.10 Å². The van der Waals surface area contributed by atoms with Crippen LogP contribution in [0.5, 0.6) is 0 Å². The summed E-state index contributed by atoms with van der Waals surface area (Å²) in [4.78, 5) is 10.4. The molecule has 0 bridgehead atoms. The van der Waals surface area contributed by atoms with E-state index in [1.807, 2.05) is 0 Å². The summed E-state index contributed by atoms with van der Waals surface area (Å²) in [5.74, 6) is -0.513. The van der Waals surface area contributed by atoms with Crippen molar-refractivity contribution in [2.24, 2.45) is 7.05 Å². The van der Waals surface area contributed by atoms with Gasteiger partial charge in [-0.15, -0.1) is 3.71 Å². The Kier molecular flexibility index (Phi) is 4.03. The van der Waals surface area contributed by atoms with Crippen LogP contribution in [0.15, 0.2) is 12.1 Å². The van der Waals surface area contributed by atoms with E-state index in [0.717, 1.165) is 10.7 Å². The van der Waals surface area contributed by atoms with E-state index < -0.39 is 30.8 Å². The summed E-state index contributed by atoms with van der Waals surface area (Å²) in [6, 6.07) is 2.30. The summed E-state index contributed by atoms with van der Waals surface area (Å²) < 4.78 is 48.6. The maximum atomic E-state index is 11.9. The molecule has 13 heteroatoms. The third-order valence-corrected chi connectivity index (χ3v) is 6.36. The number of sulfonamides is 2. The van der Waals surface area contributed by atoms with Crippen molar-refractivity contribution < 1.29 is 21.8 Å². The molecule has 23 heavy (non-hydrogen) atoms. The Hall–Kier alpha value is -1.92. The molecular weight excluding hydrogens is 372 g/mol. The van der Waals surface area contributed by atoms with Crippen molar-refractivity contribution in [1.82, 2.24) is 9.78 Å². The van der Waals surface area contributed by atoms with E-state index in [1.54, 1.807) is 0 Å². The maximum absolute atomic E-state index is 11.9. The quantitative estimate of drug-likeness (QED) is 0.565. The first-order valence-corrected chi connectivity index (χ1v) is 9.93. The summed E-state index contributed by atoms with van der Waals surface area (Å²) in [5, 5.41) is 14.7. The number of aryl methyl sites for hydroxylation is 1. The largest absolute Gasteiger partial charge is 0.295 e. The van der Waals surface area contributed by atoms with Gasteiger partial charge in [0.1, 0.15) is 5.52 Å². The lowest BCUT2D eigenvalue weighted by molar-refractivity contribution is -0.383. The van der Waals surface area contributed by atoms with Crippen molar-refractivity contribution in [3.63, 3.8) is 0 Å². The van der Waals surface area contributed by atoms with E-state index in [4.69, 9.17) is 11.6 Å². The lowest BCUT2D eigenvalue weighted by Gasteiger charge is -2.17. The first kappa shape index (κ1) is 17.4. The highest BCUT2D eigenvalue weighted by Crippen LogP contribution is 2.38. The Morgan fingerprint density at radius 3 is 2.17 bits per heavy atom. The van der Waals surface area contributed by atoms with E-state index >= 15 is 0 Å². The Morgan fingerprint density at radius 1 is 1.22 bits per heavy atom. The monoisotopic (exact) mass is 382 g/mol. The van der Waals surface area contributed by atoms with Gasteiger partial charge in [-0.1, -0.05) is 11.6 Å². The van der Waals surface area contributed by atoms with Crippen molar-refractivity contribution in [1.29, 1.82) is 0 Å². The Bertz CT molecular complexity index is 995. The summed E-state index contributed by atoms with van der Waals surface area (Å²) in [6.45, 7) is 0. The Morgan fingerprint density at radius 2 is 1.74 bits per heavy atom. The molecule has 10 nitrogen and oxygen atoms in total. The molecule has 0 radical (unpaired) electrons.